The molecule has 170 valence electrons. The summed E-state index contributed by atoms with van der Waals surface area (Å²) in [6, 6.07) is 16.9. The molecule has 3 N–H and O–H groups in total. The van der Waals surface area contributed by atoms with E-state index in [-0.39, 0.29) is 12.1 Å². The van der Waals surface area contributed by atoms with Crippen molar-refractivity contribution in [2.45, 2.75) is 44.7 Å². The lowest BCUT2D eigenvalue weighted by atomic mass is 9.91. The van der Waals surface area contributed by atoms with Crippen LogP contribution >= 0.6 is 0 Å². The summed E-state index contributed by atoms with van der Waals surface area (Å²) in [7, 11) is 0. The van der Waals surface area contributed by atoms with Gasteiger partial charge in [-0.25, -0.2) is 4.98 Å². The maximum atomic E-state index is 6.37. The lowest BCUT2D eigenvalue weighted by Crippen LogP contribution is -2.35. The van der Waals surface area contributed by atoms with Crippen LogP contribution in [0.4, 0.5) is 0 Å². The number of imidazole rings is 1. The molecule has 1 aromatic carbocycles. The second-order valence-corrected chi connectivity index (χ2v) is 9.12. The molecule has 2 atom stereocenters. The van der Waals surface area contributed by atoms with E-state index < -0.39 is 0 Å². The van der Waals surface area contributed by atoms with Gasteiger partial charge in [-0.1, -0.05) is 25.0 Å². The smallest absolute Gasteiger partial charge is 0.0977 e. The molecule has 1 aliphatic rings. The van der Waals surface area contributed by atoms with Gasteiger partial charge in [-0.15, -0.1) is 0 Å². The molecule has 1 aliphatic carbocycles. The molecule has 0 aliphatic heterocycles. The van der Waals surface area contributed by atoms with Crippen LogP contribution in [0.1, 0.15) is 37.4 Å². The molecule has 0 unspecified atom stereocenters. The van der Waals surface area contributed by atoms with Crippen molar-refractivity contribution in [3.05, 3.63) is 72.9 Å². The van der Waals surface area contributed by atoms with Crippen molar-refractivity contribution in [1.29, 1.82) is 0 Å². The molecule has 7 heteroatoms. The Hall–Kier alpha value is -3.84. The van der Waals surface area contributed by atoms with E-state index in [1.807, 2.05) is 42.1 Å². The third-order valence-electron chi connectivity index (χ3n) is 6.76. The lowest BCUT2D eigenvalue weighted by Gasteiger charge is -2.28. The highest BCUT2D eigenvalue weighted by Gasteiger charge is 2.24. The minimum absolute atomic E-state index is 0.171. The van der Waals surface area contributed by atoms with Gasteiger partial charge in [0.1, 0.15) is 0 Å². The molecule has 4 aromatic heterocycles. The van der Waals surface area contributed by atoms with Crippen molar-refractivity contribution in [3.8, 4) is 33.9 Å². The van der Waals surface area contributed by atoms with Crippen molar-refractivity contribution >= 4 is 10.9 Å². The molecule has 0 saturated heterocycles. The number of nitrogens with zero attached hydrogens (tertiary/aromatic N) is 5. The number of nitrogens with one attached hydrogen (secondary N) is 1. The Labute approximate surface area is 198 Å². The van der Waals surface area contributed by atoms with Gasteiger partial charge in [0.2, 0.25) is 0 Å². The Morgan fingerprint density at radius 2 is 1.85 bits per heavy atom. The van der Waals surface area contributed by atoms with E-state index in [1.54, 1.807) is 6.33 Å². The summed E-state index contributed by atoms with van der Waals surface area (Å²) in [6.07, 6.45) is 10.2. The van der Waals surface area contributed by atoms with Crippen molar-refractivity contribution in [2.75, 3.05) is 0 Å². The Morgan fingerprint density at radius 3 is 2.74 bits per heavy atom. The molecule has 1 saturated carbocycles. The topological polar surface area (TPSA) is 98.3 Å². The molecule has 7 nitrogen and oxygen atoms in total. The summed E-state index contributed by atoms with van der Waals surface area (Å²) < 4.78 is 2.05. The molecule has 0 radical (unpaired) electrons. The van der Waals surface area contributed by atoms with E-state index in [2.05, 4.69) is 45.4 Å². The highest BCUT2D eigenvalue weighted by atomic mass is 15.3. The average molecular weight is 450 g/mol. The standard InChI is InChI=1S/C27H27N7/c1-17-5-4-7-24(32-17)27-26(30-16-31-27)18-9-10-22-19(13-18)14-20(15-29-22)23-11-12-34(33-23)25-8-3-2-6-21(25)28/h4-5,7,9-16,21,25H,2-3,6,8,28H2,1H3,(H,30,31)/t21-,25-/m1/s1. The van der Waals surface area contributed by atoms with Crippen LogP contribution in [-0.2, 0) is 0 Å². The van der Waals surface area contributed by atoms with Gasteiger partial charge in [0.15, 0.2) is 0 Å². The number of rotatable bonds is 4. The molecule has 34 heavy (non-hydrogen) atoms. The Bertz CT molecular complexity index is 1460. The Balaban J connectivity index is 1.35. The number of fused-ring (bicyclic) bond motifs is 1. The third-order valence-corrected chi connectivity index (χ3v) is 6.76. The quantitative estimate of drug-likeness (QED) is 0.388. The molecular formula is C27H27N7. The van der Waals surface area contributed by atoms with Crippen molar-refractivity contribution < 1.29 is 0 Å². The molecule has 4 heterocycles. The fourth-order valence-corrected chi connectivity index (χ4v) is 4.95. The van der Waals surface area contributed by atoms with Crippen molar-refractivity contribution in [3.63, 3.8) is 0 Å². The molecule has 5 aromatic rings. The molecule has 0 amide bonds. The first-order valence-electron chi connectivity index (χ1n) is 11.8. The number of benzene rings is 1. The van der Waals surface area contributed by atoms with Crippen LogP contribution in [0.5, 0.6) is 0 Å². The van der Waals surface area contributed by atoms with Gasteiger partial charge in [-0.05, 0) is 56.2 Å². The van der Waals surface area contributed by atoms with Gasteiger partial charge in [-0.3, -0.25) is 14.6 Å². The highest BCUT2D eigenvalue weighted by Crippen LogP contribution is 2.32. The summed E-state index contributed by atoms with van der Waals surface area (Å²) in [5.74, 6) is 0. The van der Waals surface area contributed by atoms with Crippen molar-refractivity contribution in [1.82, 2.24) is 29.7 Å². The van der Waals surface area contributed by atoms with E-state index in [0.717, 1.165) is 63.3 Å². The van der Waals surface area contributed by atoms with Gasteiger partial charge >= 0.3 is 0 Å². The van der Waals surface area contributed by atoms with Gasteiger partial charge in [0.05, 0.1) is 40.7 Å². The normalized spacial score (nSPS) is 18.4. The van der Waals surface area contributed by atoms with Crippen LogP contribution in [0.3, 0.4) is 0 Å². The molecule has 6 rings (SSSR count). The molecule has 0 bridgehead atoms. The van der Waals surface area contributed by atoms with Gasteiger partial charge < -0.3 is 10.7 Å². The molecule has 1 fully saturated rings. The van der Waals surface area contributed by atoms with E-state index in [9.17, 15) is 0 Å². The average Bonchev–Trinajstić information content (AvgIpc) is 3.54. The number of aryl methyl sites for hydroxylation is 1. The number of nitrogens with two attached hydrogens (primary N) is 1. The van der Waals surface area contributed by atoms with Crippen LogP contribution in [0.2, 0.25) is 0 Å². The largest absolute Gasteiger partial charge is 0.343 e. The number of pyridine rings is 2. The number of H-pyrrole nitrogens is 1. The van der Waals surface area contributed by atoms with E-state index in [4.69, 9.17) is 15.8 Å². The van der Waals surface area contributed by atoms with E-state index in [1.165, 1.54) is 12.8 Å². The zero-order chi connectivity index (χ0) is 23.1. The van der Waals surface area contributed by atoms with Crippen molar-refractivity contribution in [2.24, 2.45) is 5.73 Å². The predicted molar refractivity (Wildman–Crippen MR) is 134 cm³/mol. The maximum Gasteiger partial charge on any atom is 0.0977 e. The summed E-state index contributed by atoms with van der Waals surface area (Å²) in [4.78, 5) is 17.2. The fraction of sp³-hybridized carbons (Fsp3) is 0.259. The molecular weight excluding hydrogens is 422 g/mol. The van der Waals surface area contributed by atoms with Crippen LogP contribution in [0.15, 0.2) is 67.3 Å². The highest BCUT2D eigenvalue weighted by molar-refractivity contribution is 5.89. The number of hydrogen-bond donors (Lipinski definition) is 2. The summed E-state index contributed by atoms with van der Waals surface area (Å²) in [5, 5.41) is 5.91. The first-order chi connectivity index (χ1) is 16.7. The third kappa shape index (κ3) is 3.78. The summed E-state index contributed by atoms with van der Waals surface area (Å²) in [5.41, 5.74) is 13.9. The van der Waals surface area contributed by atoms with E-state index >= 15 is 0 Å². The Kier molecular flexibility index (Phi) is 5.19. The van der Waals surface area contributed by atoms with Gasteiger partial charge in [-0.2, -0.15) is 5.10 Å². The minimum atomic E-state index is 0.171. The number of hydrogen-bond acceptors (Lipinski definition) is 5. The second-order valence-electron chi connectivity index (χ2n) is 9.12. The van der Waals surface area contributed by atoms with Crippen LogP contribution < -0.4 is 5.73 Å². The zero-order valence-electron chi connectivity index (χ0n) is 19.1. The fourth-order valence-electron chi connectivity index (χ4n) is 4.95. The zero-order valence-corrected chi connectivity index (χ0v) is 19.1. The first kappa shape index (κ1) is 20.7. The maximum absolute atomic E-state index is 6.37. The van der Waals surface area contributed by atoms with E-state index in [0.29, 0.717) is 0 Å². The van der Waals surface area contributed by atoms with Crippen LogP contribution in [0.25, 0.3) is 44.8 Å². The monoisotopic (exact) mass is 449 g/mol. The van der Waals surface area contributed by atoms with Crippen LogP contribution in [0, 0.1) is 6.92 Å². The van der Waals surface area contributed by atoms with Gasteiger partial charge in [0.25, 0.3) is 0 Å². The molecule has 0 spiro atoms. The predicted octanol–water partition coefficient (Wildman–Crippen LogP) is 5.30. The van der Waals surface area contributed by atoms with Crippen LogP contribution in [-0.4, -0.2) is 35.8 Å². The number of aromatic amines is 1. The second kappa shape index (κ2) is 8.50. The summed E-state index contributed by atoms with van der Waals surface area (Å²) in [6.45, 7) is 1.99. The first-order valence-corrected chi connectivity index (χ1v) is 11.8. The Morgan fingerprint density at radius 1 is 0.971 bits per heavy atom. The lowest BCUT2D eigenvalue weighted by molar-refractivity contribution is 0.287. The van der Waals surface area contributed by atoms with Gasteiger partial charge in [0, 0.05) is 40.6 Å². The SMILES string of the molecule is Cc1cccc(-c2[nH]cnc2-c2ccc3ncc(-c4ccn([C@@H]5CCCC[C@H]5N)n4)cc3c2)n1. The number of aromatic nitrogens is 6. The summed E-state index contributed by atoms with van der Waals surface area (Å²) >= 11 is 0. The minimum Gasteiger partial charge on any atom is -0.343 e.